The van der Waals surface area contributed by atoms with E-state index in [0.29, 0.717) is 32.0 Å². The molecule has 0 saturated carbocycles. The van der Waals surface area contributed by atoms with Gasteiger partial charge in [0.2, 0.25) is 5.91 Å². The van der Waals surface area contributed by atoms with E-state index in [4.69, 9.17) is 9.47 Å². The molecule has 1 fully saturated rings. The van der Waals surface area contributed by atoms with Crippen LogP contribution in [-0.2, 0) is 14.3 Å². The van der Waals surface area contributed by atoms with Crippen LogP contribution < -0.4 is 19.9 Å². The monoisotopic (exact) mass is 541 g/mol. The molecule has 1 saturated heterocycles. The second-order valence-electron chi connectivity index (χ2n) is 10.5. The largest absolute Gasteiger partial charge is 0.482 e. The van der Waals surface area contributed by atoms with Gasteiger partial charge in [-0.3, -0.25) is 9.59 Å². The van der Waals surface area contributed by atoms with Gasteiger partial charge in [-0.2, -0.15) is 0 Å². The van der Waals surface area contributed by atoms with E-state index in [1.807, 2.05) is 36.1 Å². The van der Waals surface area contributed by atoms with Crippen molar-refractivity contribution < 1.29 is 19.1 Å². The Kier molecular flexibility index (Phi) is 9.14. The number of anilines is 2. The van der Waals surface area contributed by atoms with Gasteiger partial charge in [0.25, 0.3) is 5.91 Å². The standard InChI is InChI=1S/C33H39N3O4/c1-3-35(27-14-15-31-30(21-27)36(32(37)23-40-31)18-7-8-19-39-2)33(38)29-22-34-17-16-28(29)26-13-9-12-25(20-26)24-10-5-4-6-11-24/h4-6,9-15,20-21,28-29,34H,3,7-8,16-19,22-23H2,1-2H3/t28-,29?/m1/s1. The number of hydrogen-bond donors (Lipinski definition) is 1. The molecule has 0 aliphatic carbocycles. The number of nitrogens with one attached hydrogen (secondary N) is 1. The Hall–Kier alpha value is -3.68. The Labute approximate surface area is 237 Å². The maximum atomic E-state index is 14.2. The molecule has 2 amide bonds. The Morgan fingerprint density at radius 1 is 1.05 bits per heavy atom. The molecule has 0 aromatic heterocycles. The molecule has 0 bridgehead atoms. The zero-order valence-corrected chi connectivity index (χ0v) is 23.5. The molecule has 3 aromatic rings. The van der Waals surface area contributed by atoms with Crippen molar-refractivity contribution in [3.8, 4) is 16.9 Å². The van der Waals surface area contributed by atoms with Crippen molar-refractivity contribution in [2.45, 2.75) is 32.1 Å². The lowest BCUT2D eigenvalue weighted by atomic mass is 9.79. The van der Waals surface area contributed by atoms with Crippen LogP contribution >= 0.6 is 0 Å². The molecule has 2 heterocycles. The minimum absolute atomic E-state index is 0.0323. The van der Waals surface area contributed by atoms with Crippen LogP contribution in [0.4, 0.5) is 11.4 Å². The Balaban J connectivity index is 1.40. The highest BCUT2D eigenvalue weighted by Gasteiger charge is 2.35. The predicted molar refractivity (Wildman–Crippen MR) is 159 cm³/mol. The van der Waals surface area contributed by atoms with Crippen LogP contribution in [0, 0.1) is 5.92 Å². The summed E-state index contributed by atoms with van der Waals surface area (Å²) in [5, 5.41) is 3.46. The molecule has 1 N–H and O–H groups in total. The van der Waals surface area contributed by atoms with Gasteiger partial charge in [-0.25, -0.2) is 0 Å². The minimum Gasteiger partial charge on any atom is -0.482 e. The van der Waals surface area contributed by atoms with Crippen LogP contribution in [0.5, 0.6) is 5.75 Å². The summed E-state index contributed by atoms with van der Waals surface area (Å²) in [6.07, 6.45) is 2.60. The van der Waals surface area contributed by atoms with Crippen LogP contribution in [0.1, 0.15) is 37.7 Å². The number of benzene rings is 3. The molecule has 40 heavy (non-hydrogen) atoms. The van der Waals surface area contributed by atoms with E-state index >= 15 is 0 Å². The van der Waals surface area contributed by atoms with Gasteiger partial charge >= 0.3 is 0 Å². The first-order valence-electron chi connectivity index (χ1n) is 14.3. The summed E-state index contributed by atoms with van der Waals surface area (Å²) >= 11 is 0. The third-order valence-electron chi connectivity index (χ3n) is 7.98. The summed E-state index contributed by atoms with van der Waals surface area (Å²) in [5.41, 5.74) is 5.05. The number of unbranched alkanes of at least 4 members (excludes halogenated alkanes) is 1. The summed E-state index contributed by atoms with van der Waals surface area (Å²) in [7, 11) is 1.68. The van der Waals surface area contributed by atoms with E-state index in [9.17, 15) is 9.59 Å². The molecule has 5 rings (SSSR count). The molecule has 2 atom stereocenters. The van der Waals surface area contributed by atoms with Crippen molar-refractivity contribution in [2.75, 3.05) is 56.3 Å². The van der Waals surface area contributed by atoms with Gasteiger partial charge in [0, 0.05) is 39.0 Å². The average molecular weight is 542 g/mol. The number of rotatable bonds is 10. The highest BCUT2D eigenvalue weighted by Crippen LogP contribution is 2.38. The van der Waals surface area contributed by atoms with Gasteiger partial charge in [-0.15, -0.1) is 0 Å². The predicted octanol–water partition coefficient (Wildman–Crippen LogP) is 5.25. The first kappa shape index (κ1) is 27.9. The molecule has 1 unspecified atom stereocenters. The fraction of sp³-hybridized carbons (Fsp3) is 0.394. The van der Waals surface area contributed by atoms with Crippen molar-refractivity contribution in [1.29, 1.82) is 0 Å². The van der Waals surface area contributed by atoms with Crippen LogP contribution in [0.3, 0.4) is 0 Å². The summed E-state index contributed by atoms with van der Waals surface area (Å²) in [5.74, 6) is 0.629. The molecule has 7 nitrogen and oxygen atoms in total. The molecule has 2 aliphatic heterocycles. The fourth-order valence-corrected chi connectivity index (χ4v) is 5.88. The summed E-state index contributed by atoms with van der Waals surface area (Å²) < 4.78 is 10.9. The quantitative estimate of drug-likeness (QED) is 0.355. The van der Waals surface area contributed by atoms with Gasteiger partial charge in [0.05, 0.1) is 11.6 Å². The topological polar surface area (TPSA) is 71.1 Å². The molecule has 7 heteroatoms. The van der Waals surface area contributed by atoms with E-state index in [1.165, 1.54) is 16.7 Å². The summed E-state index contributed by atoms with van der Waals surface area (Å²) in [6.45, 7) is 5.34. The van der Waals surface area contributed by atoms with Crippen LogP contribution in [-0.4, -0.2) is 58.3 Å². The lowest BCUT2D eigenvalue weighted by molar-refractivity contribution is -0.123. The number of amides is 2. The first-order valence-corrected chi connectivity index (χ1v) is 14.3. The van der Waals surface area contributed by atoms with Crippen molar-refractivity contribution in [3.05, 3.63) is 78.4 Å². The summed E-state index contributed by atoms with van der Waals surface area (Å²) in [4.78, 5) is 30.6. The number of fused-ring (bicyclic) bond motifs is 1. The molecule has 0 spiro atoms. The van der Waals surface area contributed by atoms with E-state index in [-0.39, 0.29) is 30.3 Å². The van der Waals surface area contributed by atoms with Gasteiger partial charge in [-0.05, 0) is 73.5 Å². The first-order chi connectivity index (χ1) is 19.6. The lowest BCUT2D eigenvalue weighted by Crippen LogP contribution is -2.46. The number of carbonyl (C=O) groups is 2. The third kappa shape index (κ3) is 6.06. The van der Waals surface area contributed by atoms with E-state index in [2.05, 4.69) is 53.8 Å². The fourth-order valence-electron chi connectivity index (χ4n) is 5.88. The SMILES string of the molecule is CCN(C(=O)C1CNCC[C@@H]1c1cccc(-c2ccccc2)c1)c1ccc2c(c1)N(CCCCOC)C(=O)CO2. The second-order valence-corrected chi connectivity index (χ2v) is 10.5. The molecular formula is C33H39N3O4. The lowest BCUT2D eigenvalue weighted by Gasteiger charge is -2.36. The Bertz CT molecular complexity index is 1310. The zero-order chi connectivity index (χ0) is 27.9. The molecule has 0 radical (unpaired) electrons. The molecule has 2 aliphatic rings. The average Bonchev–Trinajstić information content (AvgIpc) is 3.01. The Morgan fingerprint density at radius 3 is 2.67 bits per heavy atom. The maximum absolute atomic E-state index is 14.2. The van der Waals surface area contributed by atoms with Crippen LogP contribution in [0.2, 0.25) is 0 Å². The van der Waals surface area contributed by atoms with Crippen molar-refractivity contribution in [1.82, 2.24) is 5.32 Å². The number of piperidine rings is 1. The third-order valence-corrected chi connectivity index (χ3v) is 7.98. The Morgan fingerprint density at radius 2 is 1.88 bits per heavy atom. The van der Waals surface area contributed by atoms with E-state index < -0.39 is 0 Å². The van der Waals surface area contributed by atoms with Crippen molar-refractivity contribution in [3.63, 3.8) is 0 Å². The van der Waals surface area contributed by atoms with Crippen LogP contribution in [0.15, 0.2) is 72.8 Å². The van der Waals surface area contributed by atoms with Crippen molar-refractivity contribution >= 4 is 23.2 Å². The number of hydrogen-bond acceptors (Lipinski definition) is 5. The van der Waals surface area contributed by atoms with Gasteiger partial charge in [-0.1, -0.05) is 54.6 Å². The van der Waals surface area contributed by atoms with Gasteiger partial charge < -0.3 is 24.6 Å². The maximum Gasteiger partial charge on any atom is 0.265 e. The zero-order valence-electron chi connectivity index (χ0n) is 23.5. The van der Waals surface area contributed by atoms with Gasteiger partial charge in [0.1, 0.15) is 5.75 Å². The minimum atomic E-state index is -0.196. The van der Waals surface area contributed by atoms with Gasteiger partial charge in [0.15, 0.2) is 6.61 Å². The number of carbonyl (C=O) groups excluding carboxylic acids is 2. The van der Waals surface area contributed by atoms with Crippen LogP contribution in [0.25, 0.3) is 11.1 Å². The number of methoxy groups -OCH3 is 1. The highest BCUT2D eigenvalue weighted by atomic mass is 16.5. The number of nitrogens with zero attached hydrogens (tertiary/aromatic N) is 2. The molecule has 3 aromatic carbocycles. The molecule has 210 valence electrons. The second kappa shape index (κ2) is 13.1. The van der Waals surface area contributed by atoms with E-state index in [0.717, 1.165) is 37.2 Å². The number of ether oxygens (including phenoxy) is 2. The smallest absolute Gasteiger partial charge is 0.265 e. The summed E-state index contributed by atoms with van der Waals surface area (Å²) in [6, 6.07) is 24.7. The van der Waals surface area contributed by atoms with Crippen molar-refractivity contribution in [2.24, 2.45) is 5.92 Å². The highest BCUT2D eigenvalue weighted by molar-refractivity contribution is 6.00. The van der Waals surface area contributed by atoms with E-state index in [1.54, 1.807) is 12.0 Å². The normalized spacial score (nSPS) is 18.6. The molecular weight excluding hydrogens is 502 g/mol.